The fraction of sp³-hybridized carbons (Fsp3) is 0.455. The second kappa shape index (κ2) is 3.37. The summed E-state index contributed by atoms with van der Waals surface area (Å²) in [5.74, 6) is 1.63. The zero-order chi connectivity index (χ0) is 11.1. The third-order valence-corrected chi connectivity index (χ3v) is 3.09. The zero-order valence-electron chi connectivity index (χ0n) is 9.35. The second-order valence-corrected chi connectivity index (χ2v) is 4.30. The molecule has 2 aromatic heterocycles. The predicted octanol–water partition coefficient (Wildman–Crippen LogP) is 1.22. The first-order valence-corrected chi connectivity index (χ1v) is 5.61. The first kappa shape index (κ1) is 9.45. The number of nitrogen functional groups attached to an aromatic ring is 1. The summed E-state index contributed by atoms with van der Waals surface area (Å²) >= 11 is 0. The van der Waals surface area contributed by atoms with Crippen molar-refractivity contribution in [3.8, 4) is 0 Å². The van der Waals surface area contributed by atoms with Gasteiger partial charge in [-0.25, -0.2) is 4.98 Å². The van der Waals surface area contributed by atoms with Crippen molar-refractivity contribution in [2.45, 2.75) is 19.8 Å². The molecule has 0 aliphatic carbocycles. The molecule has 5 nitrogen and oxygen atoms in total. The molecule has 0 radical (unpaired) electrons. The number of anilines is 2. The molecule has 0 amide bonds. The Labute approximate surface area is 93.9 Å². The number of aryl methyl sites for hydroxylation is 1. The Balaban J connectivity index is 2.15. The molecule has 0 saturated carbocycles. The summed E-state index contributed by atoms with van der Waals surface area (Å²) in [5, 5.41) is 4.20. The molecular formula is C11H15N5. The standard InChI is InChI=1S/C11H15N5/c1-8-7-13-16-9(12)6-10(14-11(8)16)15-4-2-3-5-15/h6-7H,2-5,12H2,1H3. The summed E-state index contributed by atoms with van der Waals surface area (Å²) in [5.41, 5.74) is 7.90. The molecule has 0 atom stereocenters. The fourth-order valence-corrected chi connectivity index (χ4v) is 2.19. The topological polar surface area (TPSA) is 59.5 Å². The first-order valence-electron chi connectivity index (χ1n) is 5.61. The maximum absolute atomic E-state index is 5.97. The van der Waals surface area contributed by atoms with Crippen molar-refractivity contribution in [2.24, 2.45) is 0 Å². The molecule has 3 rings (SSSR count). The van der Waals surface area contributed by atoms with Crippen molar-refractivity contribution in [2.75, 3.05) is 23.7 Å². The van der Waals surface area contributed by atoms with E-state index in [-0.39, 0.29) is 0 Å². The van der Waals surface area contributed by atoms with Crippen LogP contribution >= 0.6 is 0 Å². The Morgan fingerprint density at radius 3 is 2.81 bits per heavy atom. The highest BCUT2D eigenvalue weighted by atomic mass is 15.3. The van der Waals surface area contributed by atoms with E-state index in [1.807, 2.05) is 13.0 Å². The lowest BCUT2D eigenvalue weighted by molar-refractivity contribution is 0.906. The maximum atomic E-state index is 5.97. The predicted molar refractivity (Wildman–Crippen MR) is 63.6 cm³/mol. The number of aromatic nitrogens is 3. The molecule has 1 aliphatic rings. The Kier molecular flexibility index (Phi) is 1.99. The molecule has 1 fully saturated rings. The minimum absolute atomic E-state index is 0.653. The monoisotopic (exact) mass is 217 g/mol. The number of nitrogens with zero attached hydrogens (tertiary/aromatic N) is 4. The van der Waals surface area contributed by atoms with Crippen molar-refractivity contribution in [1.29, 1.82) is 0 Å². The first-order chi connectivity index (χ1) is 7.75. The minimum Gasteiger partial charge on any atom is -0.383 e. The van der Waals surface area contributed by atoms with Gasteiger partial charge in [0.1, 0.15) is 11.6 Å². The van der Waals surface area contributed by atoms with Crippen molar-refractivity contribution in [3.05, 3.63) is 17.8 Å². The van der Waals surface area contributed by atoms with E-state index in [0.717, 1.165) is 30.1 Å². The van der Waals surface area contributed by atoms with Gasteiger partial charge in [0.25, 0.3) is 0 Å². The molecule has 0 unspecified atom stereocenters. The number of nitrogens with two attached hydrogens (primary N) is 1. The van der Waals surface area contributed by atoms with E-state index in [1.165, 1.54) is 12.8 Å². The van der Waals surface area contributed by atoms with Gasteiger partial charge in [-0.2, -0.15) is 9.61 Å². The van der Waals surface area contributed by atoms with E-state index in [1.54, 1.807) is 10.7 Å². The number of fused-ring (bicyclic) bond motifs is 1. The van der Waals surface area contributed by atoms with Crippen LogP contribution in [-0.2, 0) is 0 Å². The van der Waals surface area contributed by atoms with Crippen LogP contribution in [0.5, 0.6) is 0 Å². The third-order valence-electron chi connectivity index (χ3n) is 3.09. The van der Waals surface area contributed by atoms with Crippen molar-refractivity contribution >= 4 is 17.3 Å². The highest BCUT2D eigenvalue weighted by Crippen LogP contribution is 2.22. The molecule has 0 aromatic carbocycles. The number of hydrogen-bond donors (Lipinski definition) is 1. The van der Waals surface area contributed by atoms with E-state index in [2.05, 4.69) is 15.0 Å². The Morgan fingerprint density at radius 1 is 1.31 bits per heavy atom. The summed E-state index contributed by atoms with van der Waals surface area (Å²) in [6.07, 6.45) is 4.28. The van der Waals surface area contributed by atoms with Crippen LogP contribution < -0.4 is 10.6 Å². The molecule has 3 heterocycles. The van der Waals surface area contributed by atoms with Crippen LogP contribution in [0.25, 0.3) is 5.65 Å². The second-order valence-electron chi connectivity index (χ2n) is 4.30. The molecular weight excluding hydrogens is 202 g/mol. The van der Waals surface area contributed by atoms with Crippen LogP contribution in [0.15, 0.2) is 12.3 Å². The van der Waals surface area contributed by atoms with Gasteiger partial charge in [0.05, 0.1) is 6.20 Å². The lowest BCUT2D eigenvalue weighted by Gasteiger charge is -2.16. The van der Waals surface area contributed by atoms with Gasteiger partial charge in [-0.3, -0.25) is 0 Å². The summed E-state index contributed by atoms with van der Waals surface area (Å²) in [7, 11) is 0. The van der Waals surface area contributed by atoms with Gasteiger partial charge in [0.2, 0.25) is 0 Å². The van der Waals surface area contributed by atoms with Crippen LogP contribution in [0.3, 0.4) is 0 Å². The minimum atomic E-state index is 0.653. The van der Waals surface area contributed by atoms with Crippen LogP contribution in [0.4, 0.5) is 11.6 Å². The smallest absolute Gasteiger partial charge is 0.162 e. The molecule has 5 heteroatoms. The molecule has 1 aliphatic heterocycles. The molecule has 2 N–H and O–H groups in total. The van der Waals surface area contributed by atoms with E-state index >= 15 is 0 Å². The van der Waals surface area contributed by atoms with E-state index in [9.17, 15) is 0 Å². The van der Waals surface area contributed by atoms with Gasteiger partial charge in [-0.05, 0) is 19.8 Å². The number of hydrogen-bond acceptors (Lipinski definition) is 4. The summed E-state index contributed by atoms with van der Waals surface area (Å²) in [4.78, 5) is 6.90. The molecule has 0 bridgehead atoms. The van der Waals surface area contributed by atoms with Gasteiger partial charge < -0.3 is 10.6 Å². The molecule has 0 spiro atoms. The van der Waals surface area contributed by atoms with Gasteiger partial charge >= 0.3 is 0 Å². The summed E-state index contributed by atoms with van der Waals surface area (Å²) in [6.45, 7) is 4.16. The Bertz CT molecular complexity index is 524. The quantitative estimate of drug-likeness (QED) is 0.780. The van der Waals surface area contributed by atoms with E-state index in [0.29, 0.717) is 5.82 Å². The van der Waals surface area contributed by atoms with Crippen LogP contribution in [0.1, 0.15) is 18.4 Å². The van der Waals surface area contributed by atoms with Crippen molar-refractivity contribution in [1.82, 2.24) is 14.6 Å². The SMILES string of the molecule is Cc1cnn2c(N)cc(N3CCCC3)nc12. The number of rotatable bonds is 1. The van der Waals surface area contributed by atoms with E-state index in [4.69, 9.17) is 5.73 Å². The summed E-state index contributed by atoms with van der Waals surface area (Å²) < 4.78 is 1.69. The lowest BCUT2D eigenvalue weighted by atomic mass is 10.4. The van der Waals surface area contributed by atoms with Crippen molar-refractivity contribution < 1.29 is 0 Å². The Morgan fingerprint density at radius 2 is 2.06 bits per heavy atom. The largest absolute Gasteiger partial charge is 0.383 e. The van der Waals surface area contributed by atoms with Crippen LogP contribution in [0, 0.1) is 6.92 Å². The lowest BCUT2D eigenvalue weighted by Crippen LogP contribution is -2.20. The van der Waals surface area contributed by atoms with Gasteiger partial charge in [0, 0.05) is 24.7 Å². The van der Waals surface area contributed by atoms with E-state index < -0.39 is 0 Å². The van der Waals surface area contributed by atoms with Gasteiger partial charge in [-0.1, -0.05) is 0 Å². The van der Waals surface area contributed by atoms with Crippen molar-refractivity contribution in [3.63, 3.8) is 0 Å². The molecule has 1 saturated heterocycles. The molecule has 2 aromatic rings. The van der Waals surface area contributed by atoms with Gasteiger partial charge in [0.15, 0.2) is 5.65 Å². The molecule has 84 valence electrons. The average molecular weight is 217 g/mol. The zero-order valence-corrected chi connectivity index (χ0v) is 9.35. The Hall–Kier alpha value is -1.78. The highest BCUT2D eigenvalue weighted by Gasteiger charge is 2.16. The van der Waals surface area contributed by atoms with Crippen LogP contribution in [-0.4, -0.2) is 27.7 Å². The average Bonchev–Trinajstić information content (AvgIpc) is 2.88. The normalized spacial score (nSPS) is 16.2. The third kappa shape index (κ3) is 1.31. The summed E-state index contributed by atoms with van der Waals surface area (Å²) in [6, 6.07) is 1.91. The maximum Gasteiger partial charge on any atom is 0.162 e. The highest BCUT2D eigenvalue weighted by molar-refractivity contribution is 5.59. The van der Waals surface area contributed by atoms with Crippen LogP contribution in [0.2, 0.25) is 0 Å². The molecule has 16 heavy (non-hydrogen) atoms. The van der Waals surface area contributed by atoms with Gasteiger partial charge in [-0.15, -0.1) is 0 Å². The fourth-order valence-electron chi connectivity index (χ4n) is 2.19.